The molecule has 1 atom stereocenters. The van der Waals surface area contributed by atoms with Gasteiger partial charge in [0.15, 0.2) is 0 Å². The molecule has 6 nitrogen and oxygen atoms in total. The van der Waals surface area contributed by atoms with Gasteiger partial charge in [0.2, 0.25) is 11.5 Å². The number of aromatic amines is 1. The number of H-pyrrole nitrogens is 1. The number of nitrogens with zero attached hydrogens (tertiary/aromatic N) is 1. The molecule has 3 rings (SSSR count). The zero-order valence-electron chi connectivity index (χ0n) is 14.5. The van der Waals surface area contributed by atoms with Crippen molar-refractivity contribution in [1.29, 1.82) is 0 Å². The van der Waals surface area contributed by atoms with Crippen LogP contribution in [0.15, 0.2) is 41.2 Å². The largest absolute Gasteiger partial charge is 0.326 e. The first-order valence-corrected chi connectivity index (χ1v) is 8.33. The van der Waals surface area contributed by atoms with Crippen molar-refractivity contribution in [3.63, 3.8) is 0 Å². The van der Waals surface area contributed by atoms with Gasteiger partial charge in [0.05, 0.1) is 17.3 Å². The van der Waals surface area contributed by atoms with Crippen LogP contribution in [0.5, 0.6) is 0 Å². The van der Waals surface area contributed by atoms with E-state index in [4.69, 9.17) is 0 Å². The number of carbonyl (C=O) groups is 2. The van der Waals surface area contributed by atoms with Gasteiger partial charge in [0.25, 0.3) is 5.91 Å². The van der Waals surface area contributed by atoms with Crippen molar-refractivity contribution in [2.75, 3.05) is 16.8 Å². The number of pyridine rings is 1. The summed E-state index contributed by atoms with van der Waals surface area (Å²) in [5.41, 5.74) is 1.96. The molecule has 130 valence electrons. The summed E-state index contributed by atoms with van der Waals surface area (Å²) in [5.74, 6) is -0.678. The molecule has 0 fully saturated rings. The van der Waals surface area contributed by atoms with Gasteiger partial charge in [0.1, 0.15) is 0 Å². The predicted molar refractivity (Wildman–Crippen MR) is 97.1 cm³/mol. The quantitative estimate of drug-likeness (QED) is 0.882. The maximum atomic E-state index is 13.1. The van der Waals surface area contributed by atoms with Crippen LogP contribution in [0.4, 0.5) is 11.4 Å². The third kappa shape index (κ3) is 3.33. The lowest BCUT2D eigenvalue weighted by atomic mass is 10.1. The number of nitrogens with one attached hydrogen (secondary N) is 2. The van der Waals surface area contributed by atoms with Gasteiger partial charge >= 0.3 is 0 Å². The summed E-state index contributed by atoms with van der Waals surface area (Å²) >= 11 is 0. The molecular weight excluding hydrogens is 318 g/mol. The molecule has 0 saturated heterocycles. The topological polar surface area (TPSA) is 82.3 Å². The number of hydrogen-bond donors (Lipinski definition) is 2. The Morgan fingerprint density at radius 1 is 1.20 bits per heavy atom. The lowest BCUT2D eigenvalue weighted by molar-refractivity contribution is -0.119. The van der Waals surface area contributed by atoms with Gasteiger partial charge in [-0.1, -0.05) is 32.9 Å². The number of benzene rings is 1. The van der Waals surface area contributed by atoms with Crippen molar-refractivity contribution in [2.45, 2.75) is 26.7 Å². The molecule has 2 aromatic rings. The summed E-state index contributed by atoms with van der Waals surface area (Å²) < 4.78 is 0. The highest BCUT2D eigenvalue weighted by molar-refractivity contribution is 6.10. The van der Waals surface area contributed by atoms with E-state index in [1.807, 2.05) is 26.0 Å². The van der Waals surface area contributed by atoms with E-state index in [9.17, 15) is 14.4 Å². The molecule has 0 bridgehead atoms. The lowest BCUT2D eigenvalue weighted by Crippen LogP contribution is -2.36. The molecule has 0 aliphatic carbocycles. The number of amides is 2. The van der Waals surface area contributed by atoms with Crippen LogP contribution in [0, 0.1) is 5.92 Å². The Morgan fingerprint density at radius 2 is 1.92 bits per heavy atom. The number of hydrogen-bond acceptors (Lipinski definition) is 3. The second-order valence-corrected chi connectivity index (χ2v) is 6.67. The molecule has 6 heteroatoms. The van der Waals surface area contributed by atoms with E-state index in [-0.39, 0.29) is 35.8 Å². The molecule has 1 aromatic heterocycles. The maximum absolute atomic E-state index is 13.1. The lowest BCUT2D eigenvalue weighted by Gasteiger charge is -2.24. The predicted octanol–water partition coefficient (Wildman–Crippen LogP) is 2.73. The average Bonchev–Trinajstić information content (AvgIpc) is 2.70. The normalized spacial score (nSPS) is 17.0. The zero-order chi connectivity index (χ0) is 18.1. The molecular formula is C19H21N3O3. The monoisotopic (exact) mass is 339 g/mol. The number of rotatable bonds is 2. The van der Waals surface area contributed by atoms with Gasteiger partial charge < -0.3 is 15.2 Å². The smallest absolute Gasteiger partial charge is 0.258 e. The number of aromatic nitrogens is 1. The number of fused-ring (bicyclic) bond motifs is 1. The average molecular weight is 339 g/mol. The summed E-state index contributed by atoms with van der Waals surface area (Å²) in [6, 6.07) is 10.2. The number of para-hydroxylation sites is 2. The van der Waals surface area contributed by atoms with E-state index in [0.29, 0.717) is 22.6 Å². The van der Waals surface area contributed by atoms with Crippen LogP contribution in [-0.2, 0) is 4.79 Å². The molecule has 0 saturated carbocycles. The summed E-state index contributed by atoms with van der Waals surface area (Å²) in [5, 5.41) is 2.85. The van der Waals surface area contributed by atoms with E-state index < -0.39 is 0 Å². The van der Waals surface area contributed by atoms with Crippen molar-refractivity contribution in [3.8, 4) is 0 Å². The standard InChI is InChI=1S/C19H21N3O3/c1-11(2)15-8-13(9-17(23)20-15)19(25)22-10-12(3)18(24)21-14-6-4-5-7-16(14)22/h4-9,11-12H,10H2,1-3H3,(H,20,23)(H,21,24)/t12-/m1/s1. The van der Waals surface area contributed by atoms with Crippen molar-refractivity contribution in [2.24, 2.45) is 5.92 Å². The molecule has 2 amide bonds. The third-order valence-electron chi connectivity index (χ3n) is 4.34. The van der Waals surface area contributed by atoms with Crippen molar-refractivity contribution >= 4 is 23.2 Å². The molecule has 1 aromatic carbocycles. The first-order valence-electron chi connectivity index (χ1n) is 8.33. The summed E-state index contributed by atoms with van der Waals surface area (Å²) in [7, 11) is 0. The second kappa shape index (κ2) is 6.55. The maximum Gasteiger partial charge on any atom is 0.258 e. The fourth-order valence-corrected chi connectivity index (χ4v) is 2.87. The van der Waals surface area contributed by atoms with Crippen molar-refractivity contribution in [1.82, 2.24) is 4.98 Å². The van der Waals surface area contributed by atoms with Gasteiger partial charge in [-0.05, 0) is 24.1 Å². The summed E-state index contributed by atoms with van der Waals surface area (Å²) in [4.78, 5) is 41.6. The Hall–Kier alpha value is -2.89. The molecule has 0 unspecified atom stereocenters. The van der Waals surface area contributed by atoms with E-state index in [0.717, 1.165) is 0 Å². The van der Waals surface area contributed by atoms with E-state index >= 15 is 0 Å². The van der Waals surface area contributed by atoms with E-state index in [2.05, 4.69) is 10.3 Å². The van der Waals surface area contributed by atoms with Crippen molar-refractivity contribution in [3.05, 3.63) is 58.0 Å². The van der Waals surface area contributed by atoms with Gasteiger partial charge in [-0.2, -0.15) is 0 Å². The minimum atomic E-state index is -0.358. The van der Waals surface area contributed by atoms with Crippen LogP contribution in [0.3, 0.4) is 0 Å². The Balaban J connectivity index is 2.07. The molecule has 0 spiro atoms. The number of anilines is 2. The summed E-state index contributed by atoms with van der Waals surface area (Å²) in [6.07, 6.45) is 0. The molecule has 1 aliphatic heterocycles. The second-order valence-electron chi connectivity index (χ2n) is 6.67. The van der Waals surface area contributed by atoms with Gasteiger partial charge in [-0.25, -0.2) is 0 Å². The van der Waals surface area contributed by atoms with Crippen LogP contribution in [0.1, 0.15) is 42.7 Å². The minimum absolute atomic E-state index is 0.0963. The molecule has 0 radical (unpaired) electrons. The molecule has 2 heterocycles. The Labute approximate surface area is 145 Å². The fourth-order valence-electron chi connectivity index (χ4n) is 2.87. The Kier molecular flexibility index (Phi) is 4.44. The van der Waals surface area contributed by atoms with Crippen LogP contribution >= 0.6 is 0 Å². The van der Waals surface area contributed by atoms with Gasteiger partial charge in [-0.3, -0.25) is 14.4 Å². The highest BCUT2D eigenvalue weighted by Gasteiger charge is 2.29. The SMILES string of the molecule is CC(C)c1cc(C(=O)N2C[C@@H](C)C(=O)Nc3ccccc32)cc(=O)[nH]1. The fraction of sp³-hybridized carbons (Fsp3) is 0.316. The van der Waals surface area contributed by atoms with Gasteiger partial charge in [-0.15, -0.1) is 0 Å². The van der Waals surface area contributed by atoms with Crippen LogP contribution < -0.4 is 15.8 Å². The van der Waals surface area contributed by atoms with Gasteiger partial charge in [0, 0.05) is 23.9 Å². The minimum Gasteiger partial charge on any atom is -0.326 e. The molecule has 2 N–H and O–H groups in total. The third-order valence-corrected chi connectivity index (χ3v) is 4.34. The molecule has 1 aliphatic rings. The van der Waals surface area contributed by atoms with E-state index in [1.165, 1.54) is 6.07 Å². The van der Waals surface area contributed by atoms with Crippen LogP contribution in [0.25, 0.3) is 0 Å². The summed E-state index contributed by atoms with van der Waals surface area (Å²) in [6.45, 7) is 5.93. The van der Waals surface area contributed by atoms with Crippen LogP contribution in [0.2, 0.25) is 0 Å². The first kappa shape index (κ1) is 17.0. The van der Waals surface area contributed by atoms with Crippen molar-refractivity contribution < 1.29 is 9.59 Å². The zero-order valence-corrected chi connectivity index (χ0v) is 14.5. The highest BCUT2D eigenvalue weighted by Crippen LogP contribution is 2.31. The first-order chi connectivity index (χ1) is 11.9. The Bertz CT molecular complexity index is 885. The van der Waals surface area contributed by atoms with E-state index in [1.54, 1.807) is 30.0 Å². The Morgan fingerprint density at radius 3 is 2.64 bits per heavy atom. The van der Waals surface area contributed by atoms with Crippen LogP contribution in [-0.4, -0.2) is 23.3 Å². The highest BCUT2D eigenvalue weighted by atomic mass is 16.2. The molecule has 25 heavy (non-hydrogen) atoms. The number of carbonyl (C=O) groups excluding carboxylic acids is 2.